The van der Waals surface area contributed by atoms with Gasteiger partial charge in [0.1, 0.15) is 0 Å². The molecular formula is C20H27F6N3O6. The molecule has 1 aromatic rings. The zero-order chi connectivity index (χ0) is 26.8. The summed E-state index contributed by atoms with van der Waals surface area (Å²) in [6.45, 7) is 8.66. The minimum Gasteiger partial charge on any atom is -0.475 e. The van der Waals surface area contributed by atoms with E-state index in [1.54, 1.807) is 7.11 Å². The van der Waals surface area contributed by atoms with Crippen LogP contribution >= 0.6 is 0 Å². The van der Waals surface area contributed by atoms with Gasteiger partial charge >= 0.3 is 24.3 Å². The fraction of sp³-hybridized carbons (Fsp3) is 0.650. The van der Waals surface area contributed by atoms with E-state index in [-0.39, 0.29) is 0 Å². The summed E-state index contributed by atoms with van der Waals surface area (Å²) >= 11 is 0. The lowest BCUT2D eigenvalue weighted by Gasteiger charge is -2.36. The van der Waals surface area contributed by atoms with Crippen molar-refractivity contribution in [3.63, 3.8) is 0 Å². The number of aromatic nitrogens is 1. The third-order valence-electron chi connectivity index (χ3n) is 4.89. The van der Waals surface area contributed by atoms with Crippen molar-refractivity contribution in [2.24, 2.45) is 0 Å². The molecule has 2 aliphatic heterocycles. The number of hydrogen-bond acceptors (Lipinski definition) is 7. The van der Waals surface area contributed by atoms with Crippen LogP contribution in [0.1, 0.15) is 11.4 Å². The number of alkyl halides is 6. The number of aryl methyl sites for hydroxylation is 1. The van der Waals surface area contributed by atoms with E-state index in [4.69, 9.17) is 29.3 Å². The number of pyridine rings is 1. The molecule has 200 valence electrons. The molecule has 0 saturated carbocycles. The Balaban J connectivity index is 0.000000362. The summed E-state index contributed by atoms with van der Waals surface area (Å²) in [6, 6.07) is 6.74. The van der Waals surface area contributed by atoms with E-state index < -0.39 is 24.3 Å². The number of aliphatic carboxylic acids is 2. The number of methoxy groups -OCH3 is 1. The molecule has 3 heterocycles. The fourth-order valence-corrected chi connectivity index (χ4v) is 3.37. The largest absolute Gasteiger partial charge is 0.490 e. The van der Waals surface area contributed by atoms with Crippen LogP contribution in [0.2, 0.25) is 0 Å². The van der Waals surface area contributed by atoms with Crippen molar-refractivity contribution < 1.29 is 55.6 Å². The summed E-state index contributed by atoms with van der Waals surface area (Å²) in [6.07, 6.45) is -9.83. The smallest absolute Gasteiger partial charge is 0.475 e. The van der Waals surface area contributed by atoms with Crippen molar-refractivity contribution in [2.75, 3.05) is 46.5 Å². The van der Waals surface area contributed by atoms with Crippen molar-refractivity contribution in [3.05, 3.63) is 29.6 Å². The van der Waals surface area contributed by atoms with Gasteiger partial charge in [-0.1, -0.05) is 6.07 Å². The van der Waals surface area contributed by atoms with Crippen LogP contribution in [0.15, 0.2) is 18.2 Å². The second kappa shape index (κ2) is 13.6. The van der Waals surface area contributed by atoms with E-state index in [0.29, 0.717) is 12.1 Å². The first-order valence-electron chi connectivity index (χ1n) is 10.2. The van der Waals surface area contributed by atoms with Crippen LogP contribution in [0, 0.1) is 6.92 Å². The summed E-state index contributed by atoms with van der Waals surface area (Å²) in [5.74, 6) is -5.51. The quantitative estimate of drug-likeness (QED) is 0.566. The molecule has 2 N–H and O–H groups in total. The van der Waals surface area contributed by atoms with E-state index in [9.17, 15) is 26.3 Å². The van der Waals surface area contributed by atoms with Crippen molar-refractivity contribution in [2.45, 2.75) is 38.0 Å². The number of carbonyl (C=O) groups is 2. The summed E-state index contributed by atoms with van der Waals surface area (Å²) in [4.78, 5) is 27.4. The molecule has 35 heavy (non-hydrogen) atoms. The molecule has 0 amide bonds. The molecule has 0 spiro atoms. The van der Waals surface area contributed by atoms with Gasteiger partial charge in [0.2, 0.25) is 0 Å². The van der Waals surface area contributed by atoms with Crippen molar-refractivity contribution >= 4 is 11.9 Å². The Morgan fingerprint density at radius 1 is 1.11 bits per heavy atom. The monoisotopic (exact) mass is 519 g/mol. The van der Waals surface area contributed by atoms with E-state index in [1.807, 2.05) is 13.0 Å². The average Bonchev–Trinajstić information content (AvgIpc) is 3.14. The lowest BCUT2D eigenvalue weighted by molar-refractivity contribution is -0.193. The fourth-order valence-electron chi connectivity index (χ4n) is 3.37. The molecule has 15 heteroatoms. The van der Waals surface area contributed by atoms with Gasteiger partial charge in [-0.15, -0.1) is 0 Å². The third kappa shape index (κ3) is 11.2. The molecule has 0 radical (unpaired) electrons. The van der Waals surface area contributed by atoms with Crippen LogP contribution in [-0.4, -0.2) is 108 Å². The first-order chi connectivity index (χ1) is 16.1. The van der Waals surface area contributed by atoms with Gasteiger partial charge in [0.25, 0.3) is 0 Å². The van der Waals surface area contributed by atoms with Crippen LogP contribution < -0.4 is 0 Å². The maximum Gasteiger partial charge on any atom is 0.490 e. The van der Waals surface area contributed by atoms with Crippen molar-refractivity contribution in [3.8, 4) is 0 Å². The van der Waals surface area contributed by atoms with E-state index in [1.165, 1.54) is 0 Å². The zero-order valence-corrected chi connectivity index (χ0v) is 19.0. The van der Waals surface area contributed by atoms with Gasteiger partial charge in [-0.2, -0.15) is 26.3 Å². The van der Waals surface area contributed by atoms with E-state index in [2.05, 4.69) is 26.9 Å². The highest BCUT2D eigenvalue weighted by Gasteiger charge is 2.40. The Hall–Kier alpha value is -2.49. The maximum absolute atomic E-state index is 10.6. The Morgan fingerprint density at radius 3 is 2.17 bits per heavy atom. The molecule has 0 unspecified atom stereocenters. The van der Waals surface area contributed by atoms with Crippen LogP contribution in [0.3, 0.4) is 0 Å². The normalized spacial score (nSPS) is 20.7. The number of likely N-dealkylation sites (tertiary alicyclic amines) is 1. The molecule has 0 aromatic carbocycles. The van der Waals surface area contributed by atoms with Crippen LogP contribution in [0.25, 0.3) is 0 Å². The number of ether oxygens (including phenoxy) is 2. The molecule has 1 aromatic heterocycles. The molecule has 2 aliphatic rings. The number of fused-ring (bicyclic) bond motifs is 1. The van der Waals surface area contributed by atoms with Gasteiger partial charge in [-0.05, 0) is 19.1 Å². The first-order valence-corrected chi connectivity index (χ1v) is 10.2. The van der Waals surface area contributed by atoms with Crippen molar-refractivity contribution in [1.29, 1.82) is 0 Å². The van der Waals surface area contributed by atoms with Gasteiger partial charge in [0.05, 0.1) is 25.0 Å². The molecule has 2 atom stereocenters. The van der Waals surface area contributed by atoms with Gasteiger partial charge in [0.15, 0.2) is 0 Å². The zero-order valence-electron chi connectivity index (χ0n) is 19.0. The number of rotatable bonds is 5. The molecule has 2 fully saturated rings. The molecule has 3 rings (SSSR count). The topological polar surface area (TPSA) is 112 Å². The van der Waals surface area contributed by atoms with Crippen LogP contribution in [0.4, 0.5) is 26.3 Å². The second-order valence-corrected chi connectivity index (χ2v) is 7.58. The standard InChI is InChI=1S/C16H25N3O2.2C2HF3O2/c1-13-4-3-5-14(17-13)10-18-11-15-16(12-18)21-9-7-19(15)6-8-20-2;2*3-2(4,5)1(6)7/h3-5,15-16H,6-12H2,1-2H3;2*(H,6,7)/t15-,16+;;/m1../s1. The molecule has 0 aliphatic carbocycles. The Kier molecular flexibility index (Phi) is 11.8. The summed E-state index contributed by atoms with van der Waals surface area (Å²) in [7, 11) is 1.77. The van der Waals surface area contributed by atoms with E-state index >= 15 is 0 Å². The summed E-state index contributed by atoms with van der Waals surface area (Å²) < 4.78 is 74.7. The highest BCUT2D eigenvalue weighted by molar-refractivity contribution is 5.73. The average molecular weight is 519 g/mol. The molecule has 2 saturated heterocycles. The van der Waals surface area contributed by atoms with Gasteiger partial charge in [0, 0.05) is 51.6 Å². The summed E-state index contributed by atoms with van der Waals surface area (Å²) in [5.41, 5.74) is 2.24. The summed E-state index contributed by atoms with van der Waals surface area (Å²) in [5, 5.41) is 14.2. The van der Waals surface area contributed by atoms with Gasteiger partial charge in [-0.25, -0.2) is 9.59 Å². The number of hydrogen-bond donors (Lipinski definition) is 2. The van der Waals surface area contributed by atoms with Crippen LogP contribution in [0.5, 0.6) is 0 Å². The predicted octanol–water partition coefficient (Wildman–Crippen LogP) is 2.19. The number of halogens is 6. The highest BCUT2D eigenvalue weighted by Crippen LogP contribution is 2.24. The third-order valence-corrected chi connectivity index (χ3v) is 4.89. The lowest BCUT2D eigenvalue weighted by atomic mass is 10.1. The predicted molar refractivity (Wildman–Crippen MR) is 109 cm³/mol. The van der Waals surface area contributed by atoms with Crippen molar-refractivity contribution in [1.82, 2.24) is 14.8 Å². The number of nitrogens with zero attached hydrogens (tertiary/aromatic N) is 3. The van der Waals surface area contributed by atoms with E-state index in [0.717, 1.165) is 57.3 Å². The first kappa shape index (κ1) is 30.5. The highest BCUT2D eigenvalue weighted by atomic mass is 19.4. The Labute approximate surface area is 197 Å². The second-order valence-electron chi connectivity index (χ2n) is 7.58. The Morgan fingerprint density at radius 2 is 1.69 bits per heavy atom. The van der Waals surface area contributed by atoms with Gasteiger partial charge in [-0.3, -0.25) is 14.8 Å². The molecule has 0 bridgehead atoms. The van der Waals surface area contributed by atoms with Gasteiger partial charge < -0.3 is 19.7 Å². The molecule has 9 nitrogen and oxygen atoms in total. The maximum atomic E-state index is 10.6. The molecular weight excluding hydrogens is 492 g/mol. The lowest BCUT2D eigenvalue weighted by Crippen LogP contribution is -2.51. The minimum absolute atomic E-state index is 0.334. The van der Waals surface area contributed by atoms with Crippen LogP contribution in [-0.2, 0) is 25.6 Å². The number of carboxylic acids is 2. The minimum atomic E-state index is -5.08. The number of carboxylic acid groups (broad SMARTS) is 2. The Bertz CT molecular complexity index is 799. The number of morpholine rings is 1. The SMILES string of the molecule is COCCN1CCO[C@H]2CN(Cc3cccc(C)n3)C[C@H]21.O=C(O)C(F)(F)F.O=C(O)C(F)(F)F.